The van der Waals surface area contributed by atoms with E-state index in [9.17, 15) is 0 Å². The van der Waals surface area contributed by atoms with E-state index in [0.717, 1.165) is 55.8 Å². The van der Waals surface area contributed by atoms with Crippen molar-refractivity contribution in [2.24, 2.45) is 0 Å². The molecule has 0 saturated carbocycles. The summed E-state index contributed by atoms with van der Waals surface area (Å²) in [5.74, 6) is 0. The quantitative estimate of drug-likeness (QED) is 0.122. The highest BCUT2D eigenvalue weighted by Gasteiger charge is 2.24. The highest BCUT2D eigenvalue weighted by molar-refractivity contribution is 7.28. The number of hydrogen-bond acceptors (Lipinski definition) is 7. The van der Waals surface area contributed by atoms with Crippen molar-refractivity contribution < 1.29 is 4.42 Å². The minimum atomic E-state index is 0.917. The SMILES string of the molecule is c1ccc(-c2ccc(N(c3ccc(-c4cccc(-c5cccc6c5sc5c(-c7ccccc7)cccc56)c4)cc3)c3ccc(-c4cccc5c4sc4ccccc45)cc3)cc2)cc1.c1ccc2c(c1)oc1c(-c3ccc(N(c4cccc5c4sc4ccccc45)c4cccc5c4sc4ccccc45)cc3)cccc12. The van der Waals surface area contributed by atoms with E-state index in [1.165, 1.54) is 148 Å². The van der Waals surface area contributed by atoms with Crippen molar-refractivity contribution in [2.75, 3.05) is 9.80 Å². The van der Waals surface area contributed by atoms with Gasteiger partial charge in [-0.2, -0.15) is 0 Å². The molecule has 0 saturated heterocycles. The van der Waals surface area contributed by atoms with Gasteiger partial charge in [0.2, 0.25) is 0 Å². The van der Waals surface area contributed by atoms with E-state index in [2.05, 4.69) is 386 Å². The number of furan rings is 1. The molecule has 0 N–H and O–H groups in total. The Bertz CT molecular complexity index is 7100. The van der Waals surface area contributed by atoms with Gasteiger partial charge in [0.25, 0.3) is 0 Å². The monoisotopic (exact) mass is 1460 g/mol. The maximum absolute atomic E-state index is 6.40. The summed E-state index contributed by atoms with van der Waals surface area (Å²) in [6.45, 7) is 0. The van der Waals surface area contributed by atoms with Gasteiger partial charge in [-0.05, 0) is 152 Å². The normalized spacial score (nSPS) is 11.7. The molecule has 0 aliphatic rings. The third-order valence-corrected chi connectivity index (χ3v) is 26.3. The number of thiophene rings is 4. The molecule has 0 atom stereocenters. The molecule has 17 aromatic carbocycles. The smallest absolute Gasteiger partial charge is 0.143 e. The second kappa shape index (κ2) is 27.1. The van der Waals surface area contributed by atoms with E-state index in [0.29, 0.717) is 0 Å². The van der Waals surface area contributed by atoms with E-state index in [1.54, 1.807) is 0 Å². The van der Waals surface area contributed by atoms with E-state index in [1.807, 2.05) is 57.5 Å². The van der Waals surface area contributed by atoms with Crippen LogP contribution in [0.3, 0.4) is 0 Å². The van der Waals surface area contributed by atoms with Crippen LogP contribution >= 0.6 is 45.3 Å². The number of rotatable bonds is 12. The Hall–Kier alpha value is -13.0. The van der Waals surface area contributed by atoms with Gasteiger partial charge in [-0.25, -0.2) is 0 Å². The molecule has 3 nitrogen and oxygen atoms in total. The van der Waals surface area contributed by atoms with Gasteiger partial charge in [0.1, 0.15) is 11.2 Å². The molecule has 0 aliphatic carbocycles. The summed E-state index contributed by atoms with van der Waals surface area (Å²) >= 11 is 7.52. The van der Waals surface area contributed by atoms with Gasteiger partial charge in [0.15, 0.2) is 0 Å². The van der Waals surface area contributed by atoms with Gasteiger partial charge in [-0.1, -0.05) is 297 Å². The Labute approximate surface area is 646 Å². The Balaban J connectivity index is 0.000000146. The number of nitrogens with zero attached hydrogens (tertiary/aromatic N) is 2. The van der Waals surface area contributed by atoms with E-state index in [4.69, 9.17) is 4.42 Å². The maximum Gasteiger partial charge on any atom is 0.143 e. The topological polar surface area (TPSA) is 19.6 Å². The summed E-state index contributed by atoms with van der Waals surface area (Å²) in [5, 5.41) is 12.7. The molecule has 0 spiro atoms. The van der Waals surface area contributed by atoms with E-state index >= 15 is 0 Å². The standard InChI is InChI=1S/C60H39NS2.C42H25NOS2/c1-3-13-40(14-4-1)41-27-33-47(34-28-41)61(49-37-31-44(32-38-49)51-21-10-23-54-53-19-7-8-26-57(53)62-58(51)54)48-35-29-42(30-36-48)45-17-9-18-46(39-45)52-22-12-25-56-55-24-11-20-50(59(55)63-60(52)56)43-15-5-2-6-16-43;1-4-19-37-29(10-1)32-14-7-13-28(40(32)44-37)26-22-24-27(25-23-26)43(35-17-8-15-33-30-11-2-5-20-38(30)45-41(33)35)36-18-9-16-34-31-12-3-6-21-39(31)46-42(34)36/h1-39H;1-25H. The third-order valence-electron chi connectivity index (χ3n) is 21.4. The first-order valence-corrected chi connectivity index (χ1v) is 40.1. The highest BCUT2D eigenvalue weighted by Crippen LogP contribution is 2.51. The second-order valence-electron chi connectivity index (χ2n) is 27.7. The fraction of sp³-hybridized carbons (Fsp3) is 0. The van der Waals surface area contributed by atoms with Crippen LogP contribution in [0.2, 0.25) is 0 Å². The predicted molar refractivity (Wildman–Crippen MR) is 474 cm³/mol. The number of para-hydroxylation sites is 2. The molecule has 22 aromatic rings. The maximum atomic E-state index is 6.40. The number of benzene rings is 17. The van der Waals surface area contributed by atoms with Gasteiger partial charge < -0.3 is 14.2 Å². The molecule has 5 aromatic heterocycles. The van der Waals surface area contributed by atoms with Gasteiger partial charge in [0.05, 0.1) is 20.8 Å². The highest BCUT2D eigenvalue weighted by atomic mass is 32.1. The first-order chi connectivity index (χ1) is 54.0. The number of anilines is 6. The van der Waals surface area contributed by atoms with Crippen LogP contribution in [-0.4, -0.2) is 0 Å². The fourth-order valence-electron chi connectivity index (χ4n) is 16.2. The molecule has 109 heavy (non-hydrogen) atoms. The average molecular weight is 1460 g/mol. The van der Waals surface area contributed by atoms with Crippen molar-refractivity contribution in [1.82, 2.24) is 0 Å². The van der Waals surface area contributed by atoms with Crippen LogP contribution in [0.4, 0.5) is 34.1 Å². The molecule has 0 fully saturated rings. The van der Waals surface area contributed by atoms with Crippen LogP contribution in [0.15, 0.2) is 393 Å². The molecular formula is C102H64N2OS4. The zero-order valence-electron chi connectivity index (χ0n) is 58.9. The molecule has 0 amide bonds. The molecule has 0 radical (unpaired) electrons. The van der Waals surface area contributed by atoms with Crippen molar-refractivity contribution in [2.45, 2.75) is 0 Å². The minimum Gasteiger partial charge on any atom is -0.455 e. The molecule has 0 unspecified atom stereocenters. The van der Waals surface area contributed by atoms with Crippen LogP contribution in [0, 0.1) is 0 Å². The minimum absolute atomic E-state index is 0.917. The lowest BCUT2D eigenvalue weighted by atomic mass is 9.97. The van der Waals surface area contributed by atoms with Crippen molar-refractivity contribution in [3.8, 4) is 66.8 Å². The molecule has 22 rings (SSSR count). The summed E-state index contributed by atoms with van der Waals surface area (Å²) in [6.07, 6.45) is 0. The zero-order chi connectivity index (χ0) is 71.9. The van der Waals surface area contributed by atoms with E-state index < -0.39 is 0 Å². The lowest BCUT2D eigenvalue weighted by molar-refractivity contribution is 0.670. The Morgan fingerprint density at radius 3 is 1.02 bits per heavy atom. The predicted octanol–water partition coefficient (Wildman–Crippen LogP) is 31.7. The Morgan fingerprint density at radius 1 is 0.183 bits per heavy atom. The summed E-state index contributed by atoms with van der Waals surface area (Å²) in [4.78, 5) is 4.83. The number of hydrogen-bond donors (Lipinski definition) is 0. The summed E-state index contributed by atoms with van der Waals surface area (Å²) in [5.41, 5.74) is 23.2. The van der Waals surface area contributed by atoms with Gasteiger partial charge in [0, 0.05) is 110 Å². The van der Waals surface area contributed by atoms with Gasteiger partial charge in [-0.3, -0.25) is 0 Å². The van der Waals surface area contributed by atoms with Crippen LogP contribution < -0.4 is 9.80 Å². The third kappa shape index (κ3) is 11.4. The second-order valence-corrected chi connectivity index (χ2v) is 31.9. The number of fused-ring (bicyclic) bond motifs is 15. The molecular weight excluding hydrogens is 1400 g/mol. The molecule has 512 valence electrons. The van der Waals surface area contributed by atoms with Crippen LogP contribution in [-0.2, 0) is 0 Å². The van der Waals surface area contributed by atoms with Crippen LogP contribution in [0.25, 0.3) is 169 Å². The summed E-state index contributed by atoms with van der Waals surface area (Å²) in [6, 6.07) is 141. The van der Waals surface area contributed by atoms with Crippen molar-refractivity contribution in [1.29, 1.82) is 0 Å². The first kappa shape index (κ1) is 64.4. The average Bonchev–Trinajstić information content (AvgIpc) is 1.65. The Kier molecular flexibility index (Phi) is 16.0. The van der Waals surface area contributed by atoms with Crippen molar-refractivity contribution in [3.63, 3.8) is 0 Å². The Morgan fingerprint density at radius 2 is 0.495 bits per heavy atom. The fourth-order valence-corrected chi connectivity index (χ4v) is 21.2. The van der Waals surface area contributed by atoms with Gasteiger partial charge in [-0.15, -0.1) is 45.3 Å². The summed E-state index contributed by atoms with van der Waals surface area (Å²) in [7, 11) is 0. The van der Waals surface area contributed by atoms with Crippen LogP contribution in [0.1, 0.15) is 0 Å². The zero-order valence-corrected chi connectivity index (χ0v) is 62.2. The molecule has 0 bridgehead atoms. The molecule has 0 aliphatic heterocycles. The molecule has 7 heteroatoms. The largest absolute Gasteiger partial charge is 0.455 e. The van der Waals surface area contributed by atoms with E-state index in [-0.39, 0.29) is 0 Å². The summed E-state index contributed by atoms with van der Waals surface area (Å²) < 4.78 is 16.9. The van der Waals surface area contributed by atoms with Gasteiger partial charge >= 0.3 is 0 Å². The lowest BCUT2D eigenvalue weighted by Crippen LogP contribution is -2.10. The van der Waals surface area contributed by atoms with Crippen molar-refractivity contribution >= 4 is 182 Å². The first-order valence-electron chi connectivity index (χ1n) is 36.8. The van der Waals surface area contributed by atoms with Crippen LogP contribution in [0.5, 0.6) is 0 Å². The molecule has 5 heterocycles. The lowest BCUT2D eigenvalue weighted by Gasteiger charge is -2.27. The van der Waals surface area contributed by atoms with Crippen molar-refractivity contribution in [3.05, 3.63) is 388 Å².